The van der Waals surface area contributed by atoms with E-state index in [4.69, 9.17) is 20.8 Å². The number of anilines is 1. The molecule has 1 aromatic heterocycles. The van der Waals surface area contributed by atoms with Crippen molar-refractivity contribution in [2.75, 3.05) is 12.4 Å². The topological polar surface area (TPSA) is 64.4 Å². The van der Waals surface area contributed by atoms with E-state index in [9.17, 15) is 4.79 Å². The van der Waals surface area contributed by atoms with Gasteiger partial charge in [0.2, 0.25) is 5.89 Å². The first-order valence-electron chi connectivity index (χ1n) is 8.25. The summed E-state index contributed by atoms with van der Waals surface area (Å²) in [4.78, 5) is 17.1. The Kier molecular flexibility index (Phi) is 4.52. The molecule has 1 N–H and O–H groups in total. The maximum Gasteiger partial charge on any atom is 0.259 e. The molecule has 27 heavy (non-hydrogen) atoms. The lowest BCUT2D eigenvalue weighted by Crippen LogP contribution is -2.13. The third-order valence-corrected chi connectivity index (χ3v) is 4.31. The van der Waals surface area contributed by atoms with Crippen LogP contribution >= 0.6 is 11.6 Å². The van der Waals surface area contributed by atoms with Gasteiger partial charge >= 0.3 is 0 Å². The summed E-state index contributed by atoms with van der Waals surface area (Å²) in [5.41, 5.74) is 3.15. The second kappa shape index (κ2) is 7.13. The van der Waals surface area contributed by atoms with Gasteiger partial charge in [0, 0.05) is 16.3 Å². The Labute approximate surface area is 160 Å². The van der Waals surface area contributed by atoms with Gasteiger partial charge in [-0.25, -0.2) is 4.98 Å². The Hall–Kier alpha value is -3.31. The molecule has 5 nitrogen and oxygen atoms in total. The number of benzene rings is 3. The zero-order valence-electron chi connectivity index (χ0n) is 14.4. The molecule has 1 heterocycles. The van der Waals surface area contributed by atoms with E-state index < -0.39 is 0 Å². The number of aromatic nitrogens is 1. The number of nitrogens with zero attached hydrogens (tertiary/aromatic N) is 1. The van der Waals surface area contributed by atoms with Crippen molar-refractivity contribution in [1.82, 2.24) is 4.98 Å². The molecule has 0 radical (unpaired) electrons. The van der Waals surface area contributed by atoms with Gasteiger partial charge in [-0.1, -0.05) is 29.8 Å². The number of halogens is 1. The molecule has 1 amide bonds. The summed E-state index contributed by atoms with van der Waals surface area (Å²) in [5, 5.41) is 3.30. The number of amides is 1. The highest BCUT2D eigenvalue weighted by Crippen LogP contribution is 2.27. The number of hydrogen-bond donors (Lipinski definition) is 1. The second-order valence-electron chi connectivity index (χ2n) is 5.87. The van der Waals surface area contributed by atoms with Crippen LogP contribution < -0.4 is 10.1 Å². The second-order valence-corrected chi connectivity index (χ2v) is 6.30. The van der Waals surface area contributed by atoms with Gasteiger partial charge in [0.15, 0.2) is 5.58 Å². The van der Waals surface area contributed by atoms with Crippen LogP contribution in [0.1, 0.15) is 10.4 Å². The minimum absolute atomic E-state index is 0.319. The number of rotatable bonds is 4. The number of hydrogen-bond acceptors (Lipinski definition) is 4. The first kappa shape index (κ1) is 17.1. The van der Waals surface area contributed by atoms with E-state index in [2.05, 4.69) is 10.3 Å². The molecule has 0 aliphatic rings. The van der Waals surface area contributed by atoms with Crippen LogP contribution in [-0.2, 0) is 0 Å². The number of nitrogens with one attached hydrogen (secondary N) is 1. The molecule has 0 fully saturated rings. The normalized spacial score (nSPS) is 10.7. The Morgan fingerprint density at radius 3 is 2.67 bits per heavy atom. The molecule has 0 aliphatic carbocycles. The number of methoxy groups -OCH3 is 1. The first-order chi connectivity index (χ1) is 13.1. The Balaban J connectivity index is 1.63. The quantitative estimate of drug-likeness (QED) is 0.515. The highest BCUT2D eigenvalue weighted by Gasteiger charge is 2.14. The fourth-order valence-electron chi connectivity index (χ4n) is 2.77. The van der Waals surface area contributed by atoms with E-state index in [1.165, 1.54) is 7.11 Å². The molecule has 0 atom stereocenters. The highest BCUT2D eigenvalue weighted by atomic mass is 35.5. The Morgan fingerprint density at radius 2 is 1.89 bits per heavy atom. The Bertz CT molecular complexity index is 1120. The van der Waals surface area contributed by atoms with Gasteiger partial charge in [-0.15, -0.1) is 0 Å². The van der Waals surface area contributed by atoms with Gasteiger partial charge in [0.1, 0.15) is 11.3 Å². The van der Waals surface area contributed by atoms with Gasteiger partial charge in [-0.3, -0.25) is 4.79 Å². The maximum absolute atomic E-state index is 12.6. The van der Waals surface area contributed by atoms with Crippen molar-refractivity contribution in [2.45, 2.75) is 0 Å². The van der Waals surface area contributed by atoms with E-state index in [-0.39, 0.29) is 5.91 Å². The standard InChI is InChI=1S/C21H15ClN2O3/c1-26-18-9-7-14(22)11-16(18)20(25)23-15-8-10-19-17(12-15)24-21(27-19)13-5-3-2-4-6-13/h2-12H,1H3,(H,23,25). The van der Waals surface area contributed by atoms with E-state index in [1.807, 2.05) is 30.3 Å². The molecular formula is C21H15ClN2O3. The van der Waals surface area contributed by atoms with Gasteiger partial charge < -0.3 is 14.5 Å². The van der Waals surface area contributed by atoms with Gasteiger partial charge in [0.25, 0.3) is 5.91 Å². The van der Waals surface area contributed by atoms with Crippen LogP contribution in [0.5, 0.6) is 5.75 Å². The summed E-state index contributed by atoms with van der Waals surface area (Å²) < 4.78 is 11.0. The fourth-order valence-corrected chi connectivity index (χ4v) is 2.94. The number of fused-ring (bicyclic) bond motifs is 1. The van der Waals surface area contributed by atoms with Crippen LogP contribution in [0, 0.1) is 0 Å². The molecule has 4 rings (SSSR count). The lowest BCUT2D eigenvalue weighted by Gasteiger charge is -2.09. The monoisotopic (exact) mass is 378 g/mol. The SMILES string of the molecule is COc1ccc(Cl)cc1C(=O)Nc1ccc2oc(-c3ccccc3)nc2c1. The van der Waals surface area contributed by atoms with E-state index in [1.54, 1.807) is 36.4 Å². The molecule has 3 aromatic carbocycles. The lowest BCUT2D eigenvalue weighted by molar-refractivity contribution is 0.102. The van der Waals surface area contributed by atoms with Crippen molar-refractivity contribution in [3.05, 3.63) is 77.3 Å². The molecule has 0 spiro atoms. The molecular weight excluding hydrogens is 364 g/mol. The van der Waals surface area contributed by atoms with Gasteiger partial charge in [-0.2, -0.15) is 0 Å². The molecule has 0 bridgehead atoms. The number of oxazole rings is 1. The van der Waals surface area contributed by atoms with E-state index in [0.29, 0.717) is 39.0 Å². The maximum atomic E-state index is 12.6. The van der Waals surface area contributed by atoms with Crippen molar-refractivity contribution in [3.63, 3.8) is 0 Å². The predicted octanol–water partition coefficient (Wildman–Crippen LogP) is 5.41. The lowest BCUT2D eigenvalue weighted by atomic mass is 10.1. The summed E-state index contributed by atoms with van der Waals surface area (Å²) in [6, 6.07) is 19.8. The van der Waals surface area contributed by atoms with Crippen LogP contribution in [0.4, 0.5) is 5.69 Å². The molecule has 0 saturated heterocycles. The predicted molar refractivity (Wildman–Crippen MR) is 105 cm³/mol. The largest absolute Gasteiger partial charge is 0.496 e. The number of ether oxygens (including phenoxy) is 1. The van der Waals surface area contributed by atoms with Gasteiger partial charge in [0.05, 0.1) is 12.7 Å². The van der Waals surface area contributed by atoms with Crippen LogP contribution in [0.25, 0.3) is 22.6 Å². The summed E-state index contributed by atoms with van der Waals surface area (Å²) in [6.45, 7) is 0. The molecule has 4 aromatic rings. The zero-order chi connectivity index (χ0) is 18.8. The van der Waals surface area contributed by atoms with Crippen LogP contribution in [0.15, 0.2) is 71.1 Å². The fraction of sp³-hybridized carbons (Fsp3) is 0.0476. The first-order valence-corrected chi connectivity index (χ1v) is 8.63. The van der Waals surface area contributed by atoms with Crippen molar-refractivity contribution in [1.29, 1.82) is 0 Å². The van der Waals surface area contributed by atoms with Crippen LogP contribution in [-0.4, -0.2) is 18.0 Å². The summed E-state index contributed by atoms with van der Waals surface area (Å²) in [6.07, 6.45) is 0. The summed E-state index contributed by atoms with van der Waals surface area (Å²) in [5.74, 6) is 0.664. The van der Waals surface area contributed by atoms with E-state index in [0.717, 1.165) is 5.56 Å². The van der Waals surface area contributed by atoms with E-state index >= 15 is 0 Å². The summed E-state index contributed by atoms with van der Waals surface area (Å²) >= 11 is 6.00. The van der Waals surface area contributed by atoms with Crippen molar-refractivity contribution in [2.24, 2.45) is 0 Å². The molecule has 6 heteroatoms. The van der Waals surface area contributed by atoms with Crippen LogP contribution in [0.2, 0.25) is 5.02 Å². The third kappa shape index (κ3) is 3.50. The third-order valence-electron chi connectivity index (χ3n) is 4.07. The van der Waals surface area contributed by atoms with Gasteiger partial charge in [-0.05, 0) is 48.5 Å². The molecule has 134 valence electrons. The van der Waals surface area contributed by atoms with Crippen molar-refractivity contribution in [3.8, 4) is 17.2 Å². The molecule has 0 aliphatic heterocycles. The van der Waals surface area contributed by atoms with Crippen molar-refractivity contribution >= 4 is 34.3 Å². The van der Waals surface area contributed by atoms with Crippen LogP contribution in [0.3, 0.4) is 0 Å². The zero-order valence-corrected chi connectivity index (χ0v) is 15.2. The average molecular weight is 379 g/mol. The summed E-state index contributed by atoms with van der Waals surface area (Å²) in [7, 11) is 1.51. The minimum atomic E-state index is -0.319. The van der Waals surface area contributed by atoms with Crippen molar-refractivity contribution < 1.29 is 13.9 Å². The number of carbonyl (C=O) groups is 1. The smallest absolute Gasteiger partial charge is 0.259 e. The number of carbonyl (C=O) groups excluding carboxylic acids is 1. The molecule has 0 saturated carbocycles. The molecule has 0 unspecified atom stereocenters. The average Bonchev–Trinajstić information content (AvgIpc) is 3.12. The minimum Gasteiger partial charge on any atom is -0.496 e. The Morgan fingerprint density at radius 1 is 1.07 bits per heavy atom. The highest BCUT2D eigenvalue weighted by molar-refractivity contribution is 6.31.